The molecule has 1 atom stereocenters. The number of aryl methyl sites for hydroxylation is 1. The lowest BCUT2D eigenvalue weighted by molar-refractivity contribution is -0.113. The summed E-state index contributed by atoms with van der Waals surface area (Å²) in [6, 6.07) is 14.3. The lowest BCUT2D eigenvalue weighted by atomic mass is 9.94. The molecule has 0 saturated heterocycles. The molecule has 1 aliphatic rings. The van der Waals surface area contributed by atoms with Crippen LogP contribution in [-0.4, -0.2) is 27.6 Å². The van der Waals surface area contributed by atoms with Gasteiger partial charge in [-0.15, -0.1) is 0 Å². The summed E-state index contributed by atoms with van der Waals surface area (Å²) in [4.78, 5) is 38.4. The molecule has 0 fully saturated rings. The lowest BCUT2D eigenvalue weighted by Crippen LogP contribution is -2.37. The van der Waals surface area contributed by atoms with Crippen molar-refractivity contribution in [2.75, 3.05) is 10.6 Å². The van der Waals surface area contributed by atoms with Gasteiger partial charge in [0.25, 0.3) is 5.91 Å². The molecule has 0 spiro atoms. The van der Waals surface area contributed by atoms with Gasteiger partial charge in [0, 0.05) is 23.5 Å². The zero-order chi connectivity index (χ0) is 26.1. The van der Waals surface area contributed by atoms with Crippen LogP contribution in [0.3, 0.4) is 0 Å². The molecule has 0 saturated carbocycles. The van der Waals surface area contributed by atoms with Crippen molar-refractivity contribution in [3.63, 3.8) is 0 Å². The Balaban J connectivity index is 1.47. The maximum atomic E-state index is 13.6. The molecular formula is C27H23FN6O3. The van der Waals surface area contributed by atoms with Gasteiger partial charge in [0.15, 0.2) is 11.4 Å². The Hall–Kier alpha value is -4.86. The Kier molecular flexibility index (Phi) is 6.22. The van der Waals surface area contributed by atoms with E-state index in [0.29, 0.717) is 33.9 Å². The number of amides is 1. The van der Waals surface area contributed by atoms with E-state index in [1.807, 2.05) is 31.2 Å². The van der Waals surface area contributed by atoms with Gasteiger partial charge in [0.05, 0.1) is 5.57 Å². The number of hydrogen-bond acceptors (Lipinski definition) is 8. The fourth-order valence-corrected chi connectivity index (χ4v) is 4.07. The number of aromatic nitrogens is 2. The molecule has 3 heterocycles. The number of Topliss-reactive ketones (excluding diaryl/α,β-unsaturated/α-hetero) is 1. The number of pyridine rings is 1. The number of hydrogen-bond donors (Lipinski definition) is 3. The number of guanidine groups is 1. The second-order valence-corrected chi connectivity index (χ2v) is 8.65. The molecule has 2 aromatic carbocycles. The molecule has 3 N–H and O–H groups in total. The average molecular weight is 499 g/mol. The first-order valence-corrected chi connectivity index (χ1v) is 11.5. The molecule has 5 rings (SSSR count). The van der Waals surface area contributed by atoms with E-state index in [4.69, 9.17) is 9.41 Å². The number of nitrogens with one attached hydrogen (secondary N) is 3. The number of fused-ring (bicyclic) bond motifs is 1. The van der Waals surface area contributed by atoms with Crippen molar-refractivity contribution in [3.8, 4) is 0 Å². The van der Waals surface area contributed by atoms with Crippen molar-refractivity contribution >= 4 is 40.6 Å². The first-order valence-electron chi connectivity index (χ1n) is 11.5. The van der Waals surface area contributed by atoms with Gasteiger partial charge < -0.3 is 15.1 Å². The van der Waals surface area contributed by atoms with Crippen molar-refractivity contribution in [2.45, 2.75) is 26.8 Å². The Morgan fingerprint density at radius 3 is 2.70 bits per heavy atom. The van der Waals surface area contributed by atoms with Gasteiger partial charge in [-0.05, 0) is 50.6 Å². The quantitative estimate of drug-likeness (QED) is 0.335. The van der Waals surface area contributed by atoms with E-state index < -0.39 is 17.8 Å². The molecule has 10 heteroatoms. The van der Waals surface area contributed by atoms with Gasteiger partial charge in [0.2, 0.25) is 5.96 Å². The largest absolute Gasteiger partial charge is 0.423 e. The van der Waals surface area contributed by atoms with E-state index >= 15 is 0 Å². The van der Waals surface area contributed by atoms with Crippen LogP contribution in [0.5, 0.6) is 0 Å². The molecule has 0 aliphatic carbocycles. The monoisotopic (exact) mass is 498 g/mol. The number of oxazole rings is 1. The van der Waals surface area contributed by atoms with Crippen LogP contribution in [0.2, 0.25) is 0 Å². The predicted octanol–water partition coefficient (Wildman–Crippen LogP) is 4.90. The van der Waals surface area contributed by atoms with Crippen LogP contribution in [-0.2, 0) is 4.79 Å². The normalized spacial score (nSPS) is 15.2. The zero-order valence-electron chi connectivity index (χ0n) is 20.3. The number of aliphatic imine (C=N–C) groups is 1. The third kappa shape index (κ3) is 5.08. The fraction of sp³-hybridized carbons (Fsp3) is 0.148. The fourth-order valence-electron chi connectivity index (χ4n) is 4.07. The van der Waals surface area contributed by atoms with Crippen LogP contribution in [0.1, 0.15) is 41.4 Å². The number of allylic oxidation sites excluding steroid dienone is 1. The molecule has 9 nitrogen and oxygen atoms in total. The molecule has 0 bridgehead atoms. The summed E-state index contributed by atoms with van der Waals surface area (Å²) < 4.78 is 19.2. The maximum Gasteiger partial charge on any atom is 0.302 e. The highest BCUT2D eigenvalue weighted by molar-refractivity contribution is 6.07. The summed E-state index contributed by atoms with van der Waals surface area (Å²) in [7, 11) is 0. The van der Waals surface area contributed by atoms with Gasteiger partial charge in [-0.25, -0.2) is 14.4 Å². The number of carbonyl (C=O) groups excluding carboxylic acids is 2. The van der Waals surface area contributed by atoms with Crippen molar-refractivity contribution < 1.29 is 18.4 Å². The Morgan fingerprint density at radius 2 is 1.92 bits per heavy atom. The molecule has 37 heavy (non-hydrogen) atoms. The van der Waals surface area contributed by atoms with Crippen LogP contribution in [0.25, 0.3) is 11.1 Å². The van der Waals surface area contributed by atoms with Crippen molar-refractivity contribution in [2.24, 2.45) is 4.99 Å². The minimum absolute atomic E-state index is 0.126. The Bertz CT molecular complexity index is 1610. The molecule has 1 amide bonds. The zero-order valence-corrected chi connectivity index (χ0v) is 20.3. The summed E-state index contributed by atoms with van der Waals surface area (Å²) in [5.41, 5.74) is 3.96. The SMILES string of the molecule is CC(=O)c1ccnc(NC(=O)C2=C(C)NC(Nc3nc4ccc(F)cc4o3)=NC2c2cccc(C)c2)c1. The number of anilines is 2. The number of ketones is 1. The first-order chi connectivity index (χ1) is 17.8. The van der Waals surface area contributed by atoms with E-state index in [-0.39, 0.29) is 17.6 Å². The van der Waals surface area contributed by atoms with Crippen molar-refractivity contribution in [3.05, 3.63) is 94.6 Å². The first kappa shape index (κ1) is 23.9. The highest BCUT2D eigenvalue weighted by atomic mass is 19.1. The highest BCUT2D eigenvalue weighted by Gasteiger charge is 2.30. The Labute approximate surface area is 211 Å². The summed E-state index contributed by atoms with van der Waals surface area (Å²) >= 11 is 0. The minimum atomic E-state index is -0.665. The van der Waals surface area contributed by atoms with E-state index in [0.717, 1.165) is 11.1 Å². The predicted molar refractivity (Wildman–Crippen MR) is 138 cm³/mol. The number of benzene rings is 2. The topological polar surface area (TPSA) is 122 Å². The van der Waals surface area contributed by atoms with Gasteiger partial charge in [-0.2, -0.15) is 4.98 Å². The molecule has 1 unspecified atom stereocenters. The molecule has 186 valence electrons. The van der Waals surface area contributed by atoms with E-state index in [1.54, 1.807) is 13.0 Å². The van der Waals surface area contributed by atoms with Crippen LogP contribution in [0, 0.1) is 12.7 Å². The molecule has 0 radical (unpaired) electrons. The minimum Gasteiger partial charge on any atom is -0.423 e. The molecular weight excluding hydrogens is 475 g/mol. The summed E-state index contributed by atoms with van der Waals surface area (Å²) in [5.74, 6) is -0.408. The third-order valence-corrected chi connectivity index (χ3v) is 5.83. The van der Waals surface area contributed by atoms with E-state index in [1.165, 1.54) is 37.4 Å². The van der Waals surface area contributed by atoms with Crippen LogP contribution in [0.4, 0.5) is 16.2 Å². The number of halogens is 1. The smallest absolute Gasteiger partial charge is 0.302 e. The summed E-state index contributed by atoms with van der Waals surface area (Å²) in [6.45, 7) is 5.16. The van der Waals surface area contributed by atoms with E-state index in [9.17, 15) is 14.0 Å². The van der Waals surface area contributed by atoms with Crippen molar-refractivity contribution in [1.82, 2.24) is 15.3 Å². The second kappa shape index (κ2) is 9.65. The number of carbonyl (C=O) groups is 2. The Morgan fingerprint density at radius 1 is 1.08 bits per heavy atom. The van der Waals surface area contributed by atoms with Crippen LogP contribution >= 0.6 is 0 Å². The van der Waals surface area contributed by atoms with Gasteiger partial charge in [-0.3, -0.25) is 14.9 Å². The second-order valence-electron chi connectivity index (χ2n) is 8.65. The lowest BCUT2D eigenvalue weighted by Gasteiger charge is -2.26. The van der Waals surface area contributed by atoms with Gasteiger partial charge >= 0.3 is 6.01 Å². The third-order valence-electron chi connectivity index (χ3n) is 5.83. The molecule has 2 aromatic heterocycles. The highest BCUT2D eigenvalue weighted by Crippen LogP contribution is 2.32. The van der Waals surface area contributed by atoms with Crippen LogP contribution in [0.15, 0.2) is 81.5 Å². The molecule has 4 aromatic rings. The standard InChI is InChI=1S/C27H23FN6O3/c1-14-5-4-6-18(11-14)24-23(25(36)32-22-12-17(16(3)35)9-10-29-22)15(2)30-26(33-24)34-27-31-20-8-7-19(28)13-21(20)37-27/h4-13,24H,1-3H3,(H,29,32,36)(H2,30,31,33,34). The number of rotatable bonds is 5. The van der Waals surface area contributed by atoms with Crippen LogP contribution < -0.4 is 16.0 Å². The maximum absolute atomic E-state index is 13.6. The average Bonchev–Trinajstić information content (AvgIpc) is 3.25. The molecule has 1 aliphatic heterocycles. The van der Waals surface area contributed by atoms with Gasteiger partial charge in [0.1, 0.15) is 23.2 Å². The van der Waals surface area contributed by atoms with Crippen molar-refractivity contribution in [1.29, 1.82) is 0 Å². The summed E-state index contributed by atoms with van der Waals surface area (Å²) in [5, 5.41) is 8.86. The van der Waals surface area contributed by atoms with E-state index in [2.05, 4.69) is 25.9 Å². The number of nitrogens with zero attached hydrogens (tertiary/aromatic N) is 3. The summed E-state index contributed by atoms with van der Waals surface area (Å²) in [6.07, 6.45) is 1.47. The van der Waals surface area contributed by atoms with Gasteiger partial charge in [-0.1, -0.05) is 29.8 Å².